The zero-order valence-corrected chi connectivity index (χ0v) is 17.4. The Bertz CT molecular complexity index is 759. The minimum Gasteiger partial charge on any atom is -0.351 e. The Hall–Kier alpha value is -2.17. The summed E-state index contributed by atoms with van der Waals surface area (Å²) in [4.78, 5) is 41.6. The van der Waals surface area contributed by atoms with Crippen molar-refractivity contribution < 1.29 is 14.4 Å². The molecule has 3 amide bonds. The molecule has 0 spiro atoms. The molecule has 0 bridgehead atoms. The predicted molar refractivity (Wildman–Crippen MR) is 105 cm³/mol. The fraction of sp³-hybridized carbons (Fsp3) is 0.778. The number of aromatic nitrogens is 4. The van der Waals surface area contributed by atoms with E-state index in [0.29, 0.717) is 43.5 Å². The lowest BCUT2D eigenvalue weighted by atomic mass is 10.2. The van der Waals surface area contributed by atoms with Gasteiger partial charge in [0.2, 0.25) is 17.7 Å². The molecule has 158 valence electrons. The molecule has 3 heterocycles. The number of fused-ring (bicyclic) bond motifs is 1. The van der Waals surface area contributed by atoms with E-state index in [9.17, 15) is 14.4 Å². The molecule has 1 aliphatic carbocycles. The van der Waals surface area contributed by atoms with Crippen LogP contribution in [0.15, 0.2) is 6.33 Å². The first kappa shape index (κ1) is 20.1. The smallest absolute Gasteiger partial charge is 0.246 e. The highest BCUT2D eigenvalue weighted by Gasteiger charge is 2.57. The molecule has 4 rings (SSSR count). The number of thioether (sulfide) groups is 1. The van der Waals surface area contributed by atoms with Gasteiger partial charge >= 0.3 is 0 Å². The molecule has 29 heavy (non-hydrogen) atoms. The largest absolute Gasteiger partial charge is 0.351 e. The Balaban J connectivity index is 1.37. The van der Waals surface area contributed by atoms with Crippen molar-refractivity contribution in [2.75, 3.05) is 18.2 Å². The van der Waals surface area contributed by atoms with E-state index in [1.807, 2.05) is 11.8 Å². The minimum atomic E-state index is -0.372. The molecular formula is C18H27N7O3S. The van der Waals surface area contributed by atoms with Gasteiger partial charge < -0.3 is 15.1 Å². The summed E-state index contributed by atoms with van der Waals surface area (Å²) in [6, 6.07) is -0.320. The highest BCUT2D eigenvalue weighted by Crippen LogP contribution is 2.43. The summed E-state index contributed by atoms with van der Waals surface area (Å²) in [5, 5.41) is 14.0. The number of nitrogens with one attached hydrogen (secondary N) is 1. The number of hydrogen-bond donors (Lipinski definition) is 1. The summed E-state index contributed by atoms with van der Waals surface area (Å²) < 4.78 is 1.53. The quantitative estimate of drug-likeness (QED) is 0.681. The molecule has 4 atom stereocenters. The molecule has 3 fully saturated rings. The van der Waals surface area contributed by atoms with Gasteiger partial charge in [-0.25, -0.2) is 4.68 Å². The highest BCUT2D eigenvalue weighted by molar-refractivity contribution is 7.99. The van der Waals surface area contributed by atoms with Crippen LogP contribution in [0.2, 0.25) is 0 Å². The summed E-state index contributed by atoms with van der Waals surface area (Å²) in [7, 11) is 0. The van der Waals surface area contributed by atoms with Gasteiger partial charge in [0.25, 0.3) is 0 Å². The van der Waals surface area contributed by atoms with Gasteiger partial charge in [-0.2, -0.15) is 0 Å². The minimum absolute atomic E-state index is 0.00463. The summed E-state index contributed by atoms with van der Waals surface area (Å²) in [5.74, 6) is 1.57. The van der Waals surface area contributed by atoms with Gasteiger partial charge in [0.1, 0.15) is 12.4 Å². The number of carbonyl (C=O) groups is 3. The highest BCUT2D eigenvalue weighted by atomic mass is 32.2. The molecule has 2 saturated heterocycles. The lowest BCUT2D eigenvalue weighted by Crippen LogP contribution is -2.51. The van der Waals surface area contributed by atoms with E-state index >= 15 is 0 Å². The Labute approximate surface area is 173 Å². The van der Waals surface area contributed by atoms with E-state index in [4.69, 9.17) is 0 Å². The molecule has 3 unspecified atom stereocenters. The Morgan fingerprint density at radius 3 is 2.86 bits per heavy atom. The first-order valence-corrected chi connectivity index (χ1v) is 11.4. The number of amides is 3. The fourth-order valence-electron chi connectivity index (χ4n) is 4.44. The van der Waals surface area contributed by atoms with Crippen molar-refractivity contribution >= 4 is 29.5 Å². The summed E-state index contributed by atoms with van der Waals surface area (Å²) in [5.41, 5.74) is 0. The SMILES string of the molecule is CCC(=O)N1CSC[C@H]1C(=O)N1CCCCC2C(NC(=O)CCn3cnnn3)C21. The standard InChI is InChI=1S/C18H27N7O3S/c1-2-15(27)25-11-29-9-13(25)18(28)24-7-4-3-5-12-16(17(12)24)20-14(26)6-8-23-10-19-21-22-23/h10,12-13,16-17H,2-9,11H2,1H3,(H,20,26)/t12?,13-,16?,17?/m0/s1. The second-order valence-corrected chi connectivity index (χ2v) is 8.83. The summed E-state index contributed by atoms with van der Waals surface area (Å²) in [6.07, 6.45) is 5.24. The molecule has 1 saturated carbocycles. The van der Waals surface area contributed by atoms with Crippen molar-refractivity contribution in [1.82, 2.24) is 35.3 Å². The molecule has 11 heteroatoms. The first-order valence-electron chi connectivity index (χ1n) is 10.3. The molecule has 1 N–H and O–H groups in total. The number of nitrogens with zero attached hydrogens (tertiary/aromatic N) is 6. The van der Waals surface area contributed by atoms with Gasteiger partial charge in [0.05, 0.1) is 24.5 Å². The maximum Gasteiger partial charge on any atom is 0.246 e. The van der Waals surface area contributed by atoms with Gasteiger partial charge in [-0.1, -0.05) is 13.3 Å². The van der Waals surface area contributed by atoms with Crippen molar-refractivity contribution in [2.24, 2.45) is 5.92 Å². The number of rotatable bonds is 6. The van der Waals surface area contributed by atoms with Crippen LogP contribution in [0, 0.1) is 5.92 Å². The number of carbonyl (C=O) groups excluding carboxylic acids is 3. The first-order chi connectivity index (χ1) is 14.1. The van der Waals surface area contributed by atoms with Gasteiger partial charge in [-0.15, -0.1) is 16.9 Å². The Morgan fingerprint density at radius 1 is 1.24 bits per heavy atom. The molecule has 3 aliphatic rings. The van der Waals surface area contributed by atoms with E-state index in [-0.39, 0.29) is 35.8 Å². The van der Waals surface area contributed by atoms with Crippen LogP contribution >= 0.6 is 11.8 Å². The normalized spacial score (nSPS) is 28.6. The van der Waals surface area contributed by atoms with Crippen LogP contribution in [0.4, 0.5) is 0 Å². The van der Waals surface area contributed by atoms with E-state index < -0.39 is 0 Å². The topological polar surface area (TPSA) is 113 Å². The van der Waals surface area contributed by atoms with Gasteiger partial charge in [0, 0.05) is 31.1 Å². The monoisotopic (exact) mass is 421 g/mol. The fourth-order valence-corrected chi connectivity index (χ4v) is 5.61. The van der Waals surface area contributed by atoms with Crippen molar-refractivity contribution in [1.29, 1.82) is 0 Å². The third kappa shape index (κ3) is 4.24. The third-order valence-electron chi connectivity index (χ3n) is 6.03. The molecule has 2 aliphatic heterocycles. The van der Waals surface area contributed by atoms with Crippen LogP contribution in [0.3, 0.4) is 0 Å². The average molecular weight is 422 g/mol. The van der Waals surface area contributed by atoms with Crippen molar-refractivity contribution in [2.45, 2.75) is 63.7 Å². The number of hydrogen-bond acceptors (Lipinski definition) is 7. The van der Waals surface area contributed by atoms with Crippen LogP contribution in [-0.4, -0.2) is 84.0 Å². The summed E-state index contributed by atoms with van der Waals surface area (Å²) >= 11 is 1.63. The van der Waals surface area contributed by atoms with Gasteiger partial charge in [0.15, 0.2) is 0 Å². The maximum atomic E-state index is 13.3. The van der Waals surface area contributed by atoms with E-state index in [1.54, 1.807) is 16.7 Å². The molecular weight excluding hydrogens is 394 g/mol. The van der Waals surface area contributed by atoms with Crippen molar-refractivity contribution in [3.8, 4) is 0 Å². The second kappa shape index (κ2) is 8.68. The van der Waals surface area contributed by atoms with Crippen LogP contribution in [-0.2, 0) is 20.9 Å². The third-order valence-corrected chi connectivity index (χ3v) is 7.05. The Morgan fingerprint density at radius 2 is 2.10 bits per heavy atom. The zero-order chi connectivity index (χ0) is 20.4. The van der Waals surface area contributed by atoms with E-state index in [0.717, 1.165) is 19.3 Å². The number of likely N-dealkylation sites (tertiary alicyclic amines) is 1. The molecule has 10 nitrogen and oxygen atoms in total. The lowest BCUT2D eigenvalue weighted by Gasteiger charge is -2.30. The predicted octanol–water partition coefficient (Wildman–Crippen LogP) is -0.130. The van der Waals surface area contributed by atoms with Crippen LogP contribution in [0.25, 0.3) is 0 Å². The molecule has 1 aromatic heterocycles. The maximum absolute atomic E-state index is 13.3. The lowest BCUT2D eigenvalue weighted by molar-refractivity contribution is -0.143. The van der Waals surface area contributed by atoms with Gasteiger partial charge in [-0.3, -0.25) is 14.4 Å². The number of aryl methyl sites for hydroxylation is 1. The van der Waals surface area contributed by atoms with Crippen LogP contribution in [0.5, 0.6) is 0 Å². The van der Waals surface area contributed by atoms with Crippen molar-refractivity contribution in [3.05, 3.63) is 6.33 Å². The van der Waals surface area contributed by atoms with Crippen LogP contribution in [0.1, 0.15) is 39.0 Å². The number of tetrazole rings is 1. The average Bonchev–Trinajstić information content (AvgIpc) is 3.07. The molecule has 0 radical (unpaired) electrons. The molecule has 1 aromatic rings. The van der Waals surface area contributed by atoms with Crippen LogP contribution < -0.4 is 5.32 Å². The van der Waals surface area contributed by atoms with E-state index in [2.05, 4.69) is 20.8 Å². The summed E-state index contributed by atoms with van der Waals surface area (Å²) in [6.45, 7) is 2.96. The molecule has 0 aromatic carbocycles. The van der Waals surface area contributed by atoms with Crippen molar-refractivity contribution in [3.63, 3.8) is 0 Å². The zero-order valence-electron chi connectivity index (χ0n) is 16.6. The second-order valence-electron chi connectivity index (χ2n) is 7.83. The Kier molecular flexibility index (Phi) is 6.02. The van der Waals surface area contributed by atoms with Gasteiger partial charge in [-0.05, 0) is 23.3 Å². The van der Waals surface area contributed by atoms with E-state index in [1.165, 1.54) is 11.0 Å².